The summed E-state index contributed by atoms with van der Waals surface area (Å²) < 4.78 is 5.72. The molecule has 0 heterocycles. The van der Waals surface area contributed by atoms with E-state index in [1.165, 1.54) is 32.1 Å². The Kier molecular flexibility index (Phi) is 7.24. The zero-order valence-electron chi connectivity index (χ0n) is 12.5. The van der Waals surface area contributed by atoms with Crippen LogP contribution in [0.4, 0.5) is 0 Å². The average molecular weight is 262 g/mol. The van der Waals surface area contributed by atoms with E-state index in [4.69, 9.17) is 4.74 Å². The van der Waals surface area contributed by atoms with Crippen molar-refractivity contribution in [3.63, 3.8) is 0 Å². The van der Waals surface area contributed by atoms with Crippen molar-refractivity contribution < 1.29 is 9.53 Å². The molecule has 0 spiro atoms. The molecule has 0 radical (unpaired) electrons. The summed E-state index contributed by atoms with van der Waals surface area (Å²) in [6.07, 6.45) is 7.62. The predicted molar refractivity (Wildman–Crippen MR) is 80.1 cm³/mol. The minimum atomic E-state index is 0.111. The van der Waals surface area contributed by atoms with Crippen LogP contribution in [0.5, 0.6) is 5.75 Å². The van der Waals surface area contributed by atoms with Crippen LogP contribution in [0, 0.1) is 6.92 Å². The molecule has 0 saturated heterocycles. The Morgan fingerprint density at radius 3 is 2.42 bits per heavy atom. The van der Waals surface area contributed by atoms with Crippen LogP contribution < -0.4 is 4.74 Å². The van der Waals surface area contributed by atoms with Crippen LogP contribution >= 0.6 is 0 Å². The molecule has 0 aliphatic carbocycles. The zero-order chi connectivity index (χ0) is 14.1. The lowest BCUT2D eigenvalue weighted by molar-refractivity contribution is 0.101. The van der Waals surface area contributed by atoms with Gasteiger partial charge in [0.1, 0.15) is 5.75 Å². The normalized spacial score (nSPS) is 10.5. The summed E-state index contributed by atoms with van der Waals surface area (Å²) in [4.78, 5) is 11.3. The molecule has 1 aromatic rings. The summed E-state index contributed by atoms with van der Waals surface area (Å²) in [6, 6.07) is 5.70. The third-order valence-corrected chi connectivity index (χ3v) is 3.34. The van der Waals surface area contributed by atoms with Gasteiger partial charge in [0.2, 0.25) is 0 Å². The molecular weight excluding hydrogens is 236 g/mol. The van der Waals surface area contributed by atoms with Gasteiger partial charge in [-0.2, -0.15) is 0 Å². The van der Waals surface area contributed by atoms with Crippen LogP contribution in [-0.4, -0.2) is 12.4 Å². The number of rotatable bonds is 9. The SMILES string of the molecule is CCCCCCCCOc1ccc(C(C)=O)c(C)c1. The molecule has 0 N–H and O–H groups in total. The van der Waals surface area contributed by atoms with Crippen LogP contribution in [0.15, 0.2) is 18.2 Å². The third kappa shape index (κ3) is 5.91. The molecule has 1 aromatic carbocycles. The number of benzene rings is 1. The fraction of sp³-hybridized carbons (Fsp3) is 0.588. The molecule has 19 heavy (non-hydrogen) atoms. The second-order valence-electron chi connectivity index (χ2n) is 5.15. The third-order valence-electron chi connectivity index (χ3n) is 3.34. The summed E-state index contributed by atoms with van der Waals surface area (Å²) in [5, 5.41) is 0. The van der Waals surface area contributed by atoms with Crippen molar-refractivity contribution in [2.45, 2.75) is 59.3 Å². The van der Waals surface area contributed by atoms with E-state index in [0.29, 0.717) is 0 Å². The number of carbonyl (C=O) groups excluding carboxylic acids is 1. The van der Waals surface area contributed by atoms with Gasteiger partial charge in [0.05, 0.1) is 6.61 Å². The quantitative estimate of drug-likeness (QED) is 0.465. The minimum Gasteiger partial charge on any atom is -0.494 e. The molecule has 0 bridgehead atoms. The van der Waals surface area contributed by atoms with E-state index < -0.39 is 0 Å². The lowest BCUT2D eigenvalue weighted by Gasteiger charge is -2.08. The predicted octanol–water partition coefficient (Wildman–Crippen LogP) is 4.94. The number of ether oxygens (including phenoxy) is 1. The van der Waals surface area contributed by atoms with E-state index in [9.17, 15) is 4.79 Å². The smallest absolute Gasteiger partial charge is 0.160 e. The van der Waals surface area contributed by atoms with Gasteiger partial charge in [-0.15, -0.1) is 0 Å². The van der Waals surface area contributed by atoms with Gasteiger partial charge in [0.15, 0.2) is 5.78 Å². The van der Waals surface area contributed by atoms with Gasteiger partial charge in [-0.3, -0.25) is 4.79 Å². The van der Waals surface area contributed by atoms with E-state index in [1.807, 2.05) is 25.1 Å². The first-order chi connectivity index (χ1) is 9.15. The summed E-state index contributed by atoms with van der Waals surface area (Å²) in [7, 11) is 0. The largest absolute Gasteiger partial charge is 0.494 e. The molecule has 0 aliphatic heterocycles. The Hall–Kier alpha value is -1.31. The number of unbranched alkanes of at least 4 members (excludes halogenated alkanes) is 5. The van der Waals surface area contributed by atoms with E-state index >= 15 is 0 Å². The topological polar surface area (TPSA) is 26.3 Å². The van der Waals surface area contributed by atoms with Crippen LogP contribution in [0.2, 0.25) is 0 Å². The van der Waals surface area contributed by atoms with Crippen molar-refractivity contribution in [3.05, 3.63) is 29.3 Å². The summed E-state index contributed by atoms with van der Waals surface area (Å²) in [6.45, 7) is 6.55. The number of Topliss-reactive ketones (excluding diaryl/α,β-unsaturated/α-hetero) is 1. The summed E-state index contributed by atoms with van der Waals surface area (Å²) in [5.41, 5.74) is 1.78. The fourth-order valence-corrected chi connectivity index (χ4v) is 2.19. The van der Waals surface area contributed by atoms with Gasteiger partial charge in [0, 0.05) is 5.56 Å². The Balaban J connectivity index is 2.26. The van der Waals surface area contributed by atoms with Crippen molar-refractivity contribution in [1.29, 1.82) is 0 Å². The number of aryl methyl sites for hydroxylation is 1. The fourth-order valence-electron chi connectivity index (χ4n) is 2.19. The number of hydrogen-bond donors (Lipinski definition) is 0. The van der Waals surface area contributed by atoms with Crippen LogP contribution in [-0.2, 0) is 0 Å². The monoisotopic (exact) mass is 262 g/mol. The van der Waals surface area contributed by atoms with Crippen molar-refractivity contribution in [2.75, 3.05) is 6.61 Å². The number of ketones is 1. The van der Waals surface area contributed by atoms with Gasteiger partial charge >= 0.3 is 0 Å². The maximum atomic E-state index is 11.3. The molecule has 2 nitrogen and oxygen atoms in total. The molecule has 106 valence electrons. The highest BCUT2D eigenvalue weighted by Crippen LogP contribution is 2.18. The second kappa shape index (κ2) is 8.73. The molecule has 2 heteroatoms. The highest BCUT2D eigenvalue weighted by molar-refractivity contribution is 5.95. The first kappa shape index (κ1) is 15.7. The van der Waals surface area contributed by atoms with Crippen LogP contribution in [0.1, 0.15) is 68.3 Å². The van der Waals surface area contributed by atoms with E-state index in [1.54, 1.807) is 6.92 Å². The molecule has 0 amide bonds. The molecule has 0 aliphatic rings. The maximum absolute atomic E-state index is 11.3. The van der Waals surface area contributed by atoms with Crippen LogP contribution in [0.3, 0.4) is 0 Å². The van der Waals surface area contributed by atoms with E-state index in [-0.39, 0.29) is 5.78 Å². The van der Waals surface area contributed by atoms with E-state index in [2.05, 4.69) is 6.92 Å². The lowest BCUT2D eigenvalue weighted by atomic mass is 10.1. The second-order valence-corrected chi connectivity index (χ2v) is 5.15. The molecule has 1 rings (SSSR count). The standard InChI is InChI=1S/C17H26O2/c1-4-5-6-7-8-9-12-19-16-10-11-17(15(3)18)14(2)13-16/h10-11,13H,4-9,12H2,1-3H3. The molecule has 0 fully saturated rings. The van der Waals surface area contributed by atoms with Crippen molar-refractivity contribution in [2.24, 2.45) is 0 Å². The minimum absolute atomic E-state index is 0.111. The Bertz CT molecular complexity index is 396. The van der Waals surface area contributed by atoms with Crippen molar-refractivity contribution in [3.8, 4) is 5.75 Å². The number of hydrogen-bond acceptors (Lipinski definition) is 2. The van der Waals surface area contributed by atoms with Gasteiger partial charge in [-0.1, -0.05) is 39.0 Å². The van der Waals surface area contributed by atoms with Gasteiger partial charge in [-0.05, 0) is 44.0 Å². The number of carbonyl (C=O) groups is 1. The first-order valence-corrected chi connectivity index (χ1v) is 7.39. The average Bonchev–Trinajstić information content (AvgIpc) is 2.37. The zero-order valence-corrected chi connectivity index (χ0v) is 12.5. The van der Waals surface area contributed by atoms with E-state index in [0.717, 1.165) is 29.9 Å². The van der Waals surface area contributed by atoms with Crippen LogP contribution in [0.25, 0.3) is 0 Å². The van der Waals surface area contributed by atoms with Crippen molar-refractivity contribution >= 4 is 5.78 Å². The molecule has 0 atom stereocenters. The van der Waals surface area contributed by atoms with Gasteiger partial charge < -0.3 is 4.74 Å². The van der Waals surface area contributed by atoms with Crippen molar-refractivity contribution in [1.82, 2.24) is 0 Å². The highest BCUT2D eigenvalue weighted by Gasteiger charge is 2.04. The Morgan fingerprint density at radius 2 is 1.79 bits per heavy atom. The molecule has 0 unspecified atom stereocenters. The summed E-state index contributed by atoms with van der Waals surface area (Å²) in [5.74, 6) is 0.982. The lowest BCUT2D eigenvalue weighted by Crippen LogP contribution is -2.00. The summed E-state index contributed by atoms with van der Waals surface area (Å²) >= 11 is 0. The van der Waals surface area contributed by atoms with Gasteiger partial charge in [-0.25, -0.2) is 0 Å². The molecule has 0 saturated carbocycles. The Labute approximate surface area is 117 Å². The highest BCUT2D eigenvalue weighted by atomic mass is 16.5. The Morgan fingerprint density at radius 1 is 1.11 bits per heavy atom. The molecule has 0 aromatic heterocycles. The van der Waals surface area contributed by atoms with Gasteiger partial charge in [0.25, 0.3) is 0 Å². The molecular formula is C17H26O2. The first-order valence-electron chi connectivity index (χ1n) is 7.39. The maximum Gasteiger partial charge on any atom is 0.160 e.